The number of nitrogens with one attached hydrogen (secondary N) is 1. The predicted octanol–water partition coefficient (Wildman–Crippen LogP) is 4.93. The number of ether oxygens (including phenoxy) is 1. The molecule has 1 N–H and O–H groups in total. The zero-order chi connectivity index (χ0) is 14.9. The van der Waals surface area contributed by atoms with Crippen LogP contribution in [0.2, 0.25) is 5.02 Å². The Balaban J connectivity index is 1.68. The van der Waals surface area contributed by atoms with Crippen LogP contribution in [0.15, 0.2) is 47.8 Å². The van der Waals surface area contributed by atoms with Gasteiger partial charge in [0, 0.05) is 28.1 Å². The molecular formula is C17H13ClN2OS. The van der Waals surface area contributed by atoms with Crippen LogP contribution in [0.5, 0.6) is 5.75 Å². The highest BCUT2D eigenvalue weighted by molar-refractivity contribution is 7.13. The number of anilines is 1. The summed E-state index contributed by atoms with van der Waals surface area (Å²) in [5.41, 5.74) is 4.18. The maximum atomic E-state index is 5.93. The van der Waals surface area contributed by atoms with E-state index in [4.69, 9.17) is 21.3 Å². The van der Waals surface area contributed by atoms with E-state index < -0.39 is 0 Å². The van der Waals surface area contributed by atoms with E-state index in [9.17, 15) is 0 Å². The van der Waals surface area contributed by atoms with E-state index in [-0.39, 0.29) is 0 Å². The minimum Gasteiger partial charge on any atom is -0.490 e. The number of nitrogens with zero attached hydrogens (tertiary/aromatic N) is 1. The summed E-state index contributed by atoms with van der Waals surface area (Å²) in [5.74, 6) is 0.907. The number of hydrogen-bond donors (Lipinski definition) is 1. The van der Waals surface area contributed by atoms with Gasteiger partial charge in [-0.3, -0.25) is 0 Å². The Hall–Kier alpha value is -2.04. The topological polar surface area (TPSA) is 34.1 Å². The third kappa shape index (κ3) is 2.56. The number of thiazole rings is 1. The highest BCUT2D eigenvalue weighted by Gasteiger charge is 2.12. The number of hydrogen-bond acceptors (Lipinski definition) is 4. The molecule has 5 heteroatoms. The molecular weight excluding hydrogens is 316 g/mol. The molecule has 22 heavy (non-hydrogen) atoms. The summed E-state index contributed by atoms with van der Waals surface area (Å²) in [6, 6.07) is 13.9. The molecule has 0 unspecified atom stereocenters. The van der Waals surface area contributed by atoms with Gasteiger partial charge in [0.1, 0.15) is 17.4 Å². The molecule has 3 aromatic rings. The maximum Gasteiger partial charge on any atom is 0.142 e. The highest BCUT2D eigenvalue weighted by Crippen LogP contribution is 2.35. The molecule has 2 aromatic carbocycles. The first-order chi connectivity index (χ1) is 10.8. The summed E-state index contributed by atoms with van der Waals surface area (Å²) >= 11 is 7.57. The van der Waals surface area contributed by atoms with Crippen molar-refractivity contribution in [2.75, 3.05) is 18.5 Å². The van der Waals surface area contributed by atoms with Gasteiger partial charge in [-0.15, -0.1) is 11.3 Å². The normalized spacial score (nSPS) is 13.1. The highest BCUT2D eigenvalue weighted by atomic mass is 35.5. The Kier molecular flexibility index (Phi) is 3.48. The van der Waals surface area contributed by atoms with Gasteiger partial charge in [0.05, 0.1) is 11.4 Å². The monoisotopic (exact) mass is 328 g/mol. The number of benzene rings is 2. The van der Waals surface area contributed by atoms with Crippen LogP contribution in [-0.2, 0) is 0 Å². The number of fused-ring (bicyclic) bond motifs is 1. The second kappa shape index (κ2) is 5.63. The molecule has 0 bridgehead atoms. The second-order valence-corrected chi connectivity index (χ2v) is 6.33. The van der Waals surface area contributed by atoms with E-state index in [2.05, 4.69) is 22.8 Å². The molecule has 3 nitrogen and oxygen atoms in total. The van der Waals surface area contributed by atoms with E-state index in [0.717, 1.165) is 44.8 Å². The molecule has 110 valence electrons. The zero-order valence-electron chi connectivity index (χ0n) is 11.7. The fourth-order valence-electron chi connectivity index (χ4n) is 2.43. The van der Waals surface area contributed by atoms with Crippen LogP contribution in [0.3, 0.4) is 0 Å². The van der Waals surface area contributed by atoms with E-state index in [1.807, 2.05) is 30.3 Å². The third-order valence-corrected chi connectivity index (χ3v) is 4.69. The lowest BCUT2D eigenvalue weighted by Gasteiger charge is -2.19. The number of halogens is 1. The lowest BCUT2D eigenvalue weighted by molar-refractivity contribution is 0.323. The van der Waals surface area contributed by atoms with Crippen molar-refractivity contribution < 1.29 is 4.74 Å². The van der Waals surface area contributed by atoms with Gasteiger partial charge in [-0.2, -0.15) is 0 Å². The van der Waals surface area contributed by atoms with Crippen LogP contribution in [0.4, 0.5) is 5.69 Å². The van der Waals surface area contributed by atoms with Crippen molar-refractivity contribution in [3.63, 3.8) is 0 Å². The maximum absolute atomic E-state index is 5.93. The summed E-state index contributed by atoms with van der Waals surface area (Å²) in [5, 5.41) is 7.16. The van der Waals surface area contributed by atoms with Crippen molar-refractivity contribution in [3.05, 3.63) is 52.9 Å². The molecule has 0 amide bonds. The summed E-state index contributed by atoms with van der Waals surface area (Å²) in [6.07, 6.45) is 0. The summed E-state index contributed by atoms with van der Waals surface area (Å²) < 4.78 is 5.61. The van der Waals surface area contributed by atoms with Gasteiger partial charge in [-0.1, -0.05) is 23.7 Å². The molecule has 0 atom stereocenters. The van der Waals surface area contributed by atoms with Crippen molar-refractivity contribution in [2.24, 2.45) is 0 Å². The van der Waals surface area contributed by atoms with E-state index in [1.165, 1.54) is 0 Å². The zero-order valence-corrected chi connectivity index (χ0v) is 13.2. The van der Waals surface area contributed by atoms with Gasteiger partial charge in [-0.25, -0.2) is 4.98 Å². The Bertz CT molecular complexity index is 814. The van der Waals surface area contributed by atoms with Crippen molar-refractivity contribution in [1.82, 2.24) is 4.98 Å². The van der Waals surface area contributed by atoms with Crippen molar-refractivity contribution >= 4 is 28.6 Å². The second-order valence-electron chi connectivity index (χ2n) is 5.03. The first-order valence-electron chi connectivity index (χ1n) is 7.02. The van der Waals surface area contributed by atoms with E-state index in [1.54, 1.807) is 11.3 Å². The van der Waals surface area contributed by atoms with Gasteiger partial charge in [0.25, 0.3) is 0 Å². The van der Waals surface area contributed by atoms with Crippen molar-refractivity contribution in [2.45, 2.75) is 0 Å². The van der Waals surface area contributed by atoms with E-state index >= 15 is 0 Å². The Morgan fingerprint density at radius 3 is 2.77 bits per heavy atom. The Morgan fingerprint density at radius 1 is 1.09 bits per heavy atom. The van der Waals surface area contributed by atoms with Crippen LogP contribution < -0.4 is 10.1 Å². The lowest BCUT2D eigenvalue weighted by Crippen LogP contribution is -2.17. The fourth-order valence-corrected chi connectivity index (χ4v) is 3.39. The lowest BCUT2D eigenvalue weighted by atomic mass is 10.1. The van der Waals surface area contributed by atoms with Crippen LogP contribution in [0, 0.1) is 0 Å². The number of rotatable bonds is 2. The van der Waals surface area contributed by atoms with Gasteiger partial charge in [0.15, 0.2) is 0 Å². The van der Waals surface area contributed by atoms with Gasteiger partial charge in [0.2, 0.25) is 0 Å². The molecule has 0 aliphatic carbocycles. The average Bonchev–Trinajstić information content (AvgIpc) is 3.05. The minimum atomic E-state index is 0.713. The van der Waals surface area contributed by atoms with Crippen molar-refractivity contribution in [3.8, 4) is 27.6 Å². The largest absolute Gasteiger partial charge is 0.490 e. The SMILES string of the molecule is Clc1ccc(-c2csc(-c3ccc4c(c3)NCCO4)n2)cc1. The Morgan fingerprint density at radius 2 is 1.91 bits per heavy atom. The van der Waals surface area contributed by atoms with Crippen LogP contribution >= 0.6 is 22.9 Å². The molecule has 0 saturated carbocycles. The first kappa shape index (κ1) is 13.6. The standard InChI is InChI=1S/C17H13ClN2OS/c18-13-4-1-11(2-5-13)15-10-22-17(20-15)12-3-6-16-14(9-12)19-7-8-21-16/h1-6,9-10,19H,7-8H2. The summed E-state index contributed by atoms with van der Waals surface area (Å²) in [7, 11) is 0. The first-order valence-corrected chi connectivity index (χ1v) is 8.28. The molecule has 4 rings (SSSR count). The smallest absolute Gasteiger partial charge is 0.142 e. The average molecular weight is 329 g/mol. The molecule has 1 aliphatic rings. The molecule has 2 heterocycles. The quantitative estimate of drug-likeness (QED) is 0.724. The predicted molar refractivity (Wildman–Crippen MR) is 92.0 cm³/mol. The summed E-state index contributed by atoms with van der Waals surface area (Å²) in [4.78, 5) is 4.74. The van der Waals surface area contributed by atoms with Gasteiger partial charge >= 0.3 is 0 Å². The van der Waals surface area contributed by atoms with E-state index in [0.29, 0.717) is 6.61 Å². The minimum absolute atomic E-state index is 0.713. The molecule has 0 saturated heterocycles. The third-order valence-electron chi connectivity index (χ3n) is 3.55. The summed E-state index contributed by atoms with van der Waals surface area (Å²) in [6.45, 7) is 1.55. The molecule has 1 aromatic heterocycles. The van der Waals surface area contributed by atoms with Gasteiger partial charge in [-0.05, 0) is 30.3 Å². The Labute approximate surface area is 137 Å². The molecule has 1 aliphatic heterocycles. The van der Waals surface area contributed by atoms with Crippen LogP contribution in [-0.4, -0.2) is 18.1 Å². The van der Waals surface area contributed by atoms with Gasteiger partial charge < -0.3 is 10.1 Å². The van der Waals surface area contributed by atoms with Crippen LogP contribution in [0.1, 0.15) is 0 Å². The molecule has 0 spiro atoms. The van der Waals surface area contributed by atoms with Crippen LogP contribution in [0.25, 0.3) is 21.8 Å². The van der Waals surface area contributed by atoms with Crippen molar-refractivity contribution in [1.29, 1.82) is 0 Å². The fraction of sp³-hybridized carbons (Fsp3) is 0.118. The molecule has 0 fully saturated rings. The number of aromatic nitrogens is 1. The molecule has 0 radical (unpaired) electrons.